The quantitative estimate of drug-likeness (QED) is 0.925. The summed E-state index contributed by atoms with van der Waals surface area (Å²) in [7, 11) is 1.99. The summed E-state index contributed by atoms with van der Waals surface area (Å²) in [6, 6.07) is 4.16. The molecule has 2 aromatic rings. The molecule has 6 heteroatoms. The number of imidazole rings is 1. The normalized spacial score (nSPS) is 29.3. The van der Waals surface area contributed by atoms with E-state index in [4.69, 9.17) is 0 Å². The van der Waals surface area contributed by atoms with Gasteiger partial charge in [-0.05, 0) is 37.3 Å². The van der Waals surface area contributed by atoms with Gasteiger partial charge in [-0.3, -0.25) is 4.90 Å². The highest BCUT2D eigenvalue weighted by atomic mass is 19.1. The third-order valence-corrected chi connectivity index (χ3v) is 5.78. The third-order valence-electron chi connectivity index (χ3n) is 5.78. The van der Waals surface area contributed by atoms with Gasteiger partial charge in [0.05, 0.1) is 12.1 Å². The van der Waals surface area contributed by atoms with Gasteiger partial charge in [0.15, 0.2) is 0 Å². The minimum atomic E-state index is -0.928. The molecule has 0 aliphatic carbocycles. The summed E-state index contributed by atoms with van der Waals surface area (Å²) in [4.78, 5) is 6.83. The van der Waals surface area contributed by atoms with Crippen molar-refractivity contribution in [3.63, 3.8) is 0 Å². The van der Waals surface area contributed by atoms with Crippen LogP contribution in [0.2, 0.25) is 0 Å². The minimum Gasteiger partial charge on any atom is -0.389 e. The number of aryl methyl sites for hydroxylation is 1. The molecular weight excluding hydrogens is 324 g/mol. The molecule has 0 amide bonds. The SMILES string of the molecule is Cn1ccnc1CN1C2CCC1CC(O)(Cc1ccc(F)cc1F)C2. The molecule has 2 unspecified atom stereocenters. The molecule has 25 heavy (non-hydrogen) atoms. The highest BCUT2D eigenvalue weighted by Gasteiger charge is 2.47. The molecule has 134 valence electrons. The van der Waals surface area contributed by atoms with Gasteiger partial charge in [-0.25, -0.2) is 13.8 Å². The molecule has 2 saturated heterocycles. The minimum absolute atomic E-state index is 0.238. The van der Waals surface area contributed by atoms with Crippen molar-refractivity contribution in [1.29, 1.82) is 0 Å². The molecule has 2 aliphatic rings. The Morgan fingerprint density at radius 1 is 1.24 bits per heavy atom. The average molecular weight is 347 g/mol. The molecule has 1 aromatic carbocycles. The zero-order valence-electron chi connectivity index (χ0n) is 14.3. The molecule has 0 saturated carbocycles. The number of benzene rings is 1. The Labute approximate surface area is 146 Å². The Hall–Kier alpha value is -1.79. The van der Waals surface area contributed by atoms with Crippen molar-refractivity contribution < 1.29 is 13.9 Å². The summed E-state index contributed by atoms with van der Waals surface area (Å²) >= 11 is 0. The van der Waals surface area contributed by atoms with Crippen molar-refractivity contribution >= 4 is 0 Å². The average Bonchev–Trinajstić information content (AvgIpc) is 3.05. The van der Waals surface area contributed by atoms with Gasteiger partial charge < -0.3 is 9.67 Å². The molecule has 0 radical (unpaired) electrons. The van der Waals surface area contributed by atoms with E-state index in [1.165, 1.54) is 12.1 Å². The second-order valence-electron chi connectivity index (χ2n) is 7.56. The summed E-state index contributed by atoms with van der Waals surface area (Å²) in [5.41, 5.74) is -0.538. The predicted octanol–water partition coefficient (Wildman–Crippen LogP) is 2.80. The molecule has 1 aromatic heterocycles. The van der Waals surface area contributed by atoms with Crippen molar-refractivity contribution in [2.24, 2.45) is 7.05 Å². The topological polar surface area (TPSA) is 41.3 Å². The number of nitrogens with zero attached hydrogens (tertiary/aromatic N) is 3. The van der Waals surface area contributed by atoms with Crippen LogP contribution in [0.5, 0.6) is 0 Å². The second kappa shape index (κ2) is 6.18. The van der Waals surface area contributed by atoms with Crippen LogP contribution in [0.1, 0.15) is 37.1 Å². The Balaban J connectivity index is 1.49. The molecule has 1 N–H and O–H groups in total. The fourth-order valence-corrected chi connectivity index (χ4v) is 4.55. The summed E-state index contributed by atoms with van der Waals surface area (Å²) in [5.74, 6) is -0.138. The first-order valence-corrected chi connectivity index (χ1v) is 8.82. The van der Waals surface area contributed by atoms with Crippen molar-refractivity contribution in [3.05, 3.63) is 53.6 Å². The van der Waals surface area contributed by atoms with E-state index in [1.54, 1.807) is 6.20 Å². The van der Waals surface area contributed by atoms with Gasteiger partial charge in [-0.15, -0.1) is 0 Å². The summed E-state index contributed by atoms with van der Waals surface area (Å²) < 4.78 is 29.1. The van der Waals surface area contributed by atoms with E-state index in [2.05, 4.69) is 9.88 Å². The number of aliphatic hydroxyl groups is 1. The van der Waals surface area contributed by atoms with Gasteiger partial charge in [0.1, 0.15) is 17.5 Å². The Morgan fingerprint density at radius 3 is 2.56 bits per heavy atom. The van der Waals surface area contributed by atoms with E-state index in [1.807, 2.05) is 17.8 Å². The lowest BCUT2D eigenvalue weighted by Crippen LogP contribution is -2.51. The highest BCUT2D eigenvalue weighted by molar-refractivity contribution is 5.21. The van der Waals surface area contributed by atoms with E-state index < -0.39 is 17.2 Å². The van der Waals surface area contributed by atoms with Gasteiger partial charge in [0.2, 0.25) is 0 Å². The van der Waals surface area contributed by atoms with E-state index in [9.17, 15) is 13.9 Å². The van der Waals surface area contributed by atoms with E-state index in [-0.39, 0.29) is 18.5 Å². The number of aromatic nitrogens is 2. The van der Waals surface area contributed by atoms with Crippen LogP contribution >= 0.6 is 0 Å². The lowest BCUT2D eigenvalue weighted by molar-refractivity contribution is -0.0552. The number of hydrogen-bond acceptors (Lipinski definition) is 3. The van der Waals surface area contributed by atoms with Crippen molar-refractivity contribution in [2.45, 2.75) is 56.3 Å². The van der Waals surface area contributed by atoms with Crippen LogP contribution in [-0.4, -0.2) is 37.2 Å². The second-order valence-corrected chi connectivity index (χ2v) is 7.56. The molecule has 4 rings (SSSR count). The molecule has 4 nitrogen and oxygen atoms in total. The maximum absolute atomic E-state index is 14.0. The van der Waals surface area contributed by atoms with Crippen LogP contribution in [0.4, 0.5) is 8.78 Å². The fourth-order valence-electron chi connectivity index (χ4n) is 4.55. The first-order chi connectivity index (χ1) is 11.9. The Bertz CT molecular complexity index is 762. The van der Waals surface area contributed by atoms with Gasteiger partial charge in [-0.2, -0.15) is 0 Å². The Morgan fingerprint density at radius 2 is 1.96 bits per heavy atom. The molecule has 2 atom stereocenters. The van der Waals surface area contributed by atoms with Gasteiger partial charge in [0.25, 0.3) is 0 Å². The van der Waals surface area contributed by atoms with E-state index >= 15 is 0 Å². The summed E-state index contributed by atoms with van der Waals surface area (Å²) in [6.45, 7) is 0.778. The first-order valence-electron chi connectivity index (χ1n) is 8.82. The molecular formula is C19H23F2N3O. The third kappa shape index (κ3) is 3.20. The van der Waals surface area contributed by atoms with Crippen molar-refractivity contribution in [3.8, 4) is 0 Å². The number of piperidine rings is 1. The number of halogens is 2. The standard InChI is InChI=1S/C19H23F2N3O/c1-23-7-6-22-18(23)12-24-15-4-5-16(24)11-19(25,10-15)9-13-2-3-14(20)8-17(13)21/h2-3,6-8,15-16,25H,4-5,9-12H2,1H3. The van der Waals surface area contributed by atoms with Crippen molar-refractivity contribution in [2.75, 3.05) is 0 Å². The molecule has 2 fully saturated rings. The van der Waals surface area contributed by atoms with Crippen LogP contribution in [0.3, 0.4) is 0 Å². The lowest BCUT2D eigenvalue weighted by Gasteiger charge is -2.43. The van der Waals surface area contributed by atoms with Crippen LogP contribution in [0.15, 0.2) is 30.6 Å². The molecule has 3 heterocycles. The number of fused-ring (bicyclic) bond motifs is 2. The van der Waals surface area contributed by atoms with Crippen molar-refractivity contribution in [1.82, 2.24) is 14.5 Å². The van der Waals surface area contributed by atoms with E-state index in [0.29, 0.717) is 18.4 Å². The van der Waals surface area contributed by atoms with E-state index in [0.717, 1.165) is 31.3 Å². The summed E-state index contributed by atoms with van der Waals surface area (Å²) in [5, 5.41) is 11.1. The number of hydrogen-bond donors (Lipinski definition) is 1. The van der Waals surface area contributed by atoms with Gasteiger partial charge in [0, 0.05) is 44.0 Å². The largest absolute Gasteiger partial charge is 0.389 e. The number of rotatable bonds is 4. The Kier molecular flexibility index (Phi) is 4.12. The van der Waals surface area contributed by atoms with Crippen LogP contribution in [-0.2, 0) is 20.0 Å². The summed E-state index contributed by atoms with van der Waals surface area (Å²) in [6.07, 6.45) is 7.30. The fraction of sp³-hybridized carbons (Fsp3) is 0.526. The highest BCUT2D eigenvalue weighted by Crippen LogP contribution is 2.43. The molecule has 2 aliphatic heterocycles. The van der Waals surface area contributed by atoms with Gasteiger partial charge >= 0.3 is 0 Å². The smallest absolute Gasteiger partial charge is 0.129 e. The monoisotopic (exact) mass is 347 g/mol. The maximum atomic E-state index is 14.0. The van der Waals surface area contributed by atoms with Crippen LogP contribution < -0.4 is 0 Å². The zero-order valence-corrected chi connectivity index (χ0v) is 14.3. The predicted molar refractivity (Wildman–Crippen MR) is 89.8 cm³/mol. The lowest BCUT2D eigenvalue weighted by atomic mass is 9.81. The van der Waals surface area contributed by atoms with Crippen LogP contribution in [0, 0.1) is 11.6 Å². The molecule has 0 spiro atoms. The van der Waals surface area contributed by atoms with Gasteiger partial charge in [-0.1, -0.05) is 6.07 Å². The zero-order chi connectivity index (χ0) is 17.6. The molecule has 2 bridgehead atoms. The van der Waals surface area contributed by atoms with Crippen LogP contribution in [0.25, 0.3) is 0 Å². The maximum Gasteiger partial charge on any atom is 0.129 e. The first kappa shape index (κ1) is 16.7.